The van der Waals surface area contributed by atoms with Gasteiger partial charge in [0.25, 0.3) is 0 Å². The molecule has 5 heteroatoms. The van der Waals surface area contributed by atoms with Gasteiger partial charge in [0.1, 0.15) is 0 Å². The van der Waals surface area contributed by atoms with E-state index in [1.54, 1.807) is 12.1 Å². The third kappa shape index (κ3) is 3.79. The van der Waals surface area contributed by atoms with Crippen molar-refractivity contribution in [3.8, 4) is 0 Å². The van der Waals surface area contributed by atoms with Crippen LogP contribution in [-0.4, -0.2) is 18.3 Å². The van der Waals surface area contributed by atoms with Gasteiger partial charge in [0.05, 0.1) is 12.6 Å². The Morgan fingerprint density at radius 2 is 1.81 bits per heavy atom. The van der Waals surface area contributed by atoms with Crippen LogP contribution in [0.3, 0.4) is 0 Å². The molecule has 0 radical (unpaired) electrons. The van der Waals surface area contributed by atoms with E-state index in [1.807, 2.05) is 19.1 Å². The summed E-state index contributed by atoms with van der Waals surface area (Å²) in [6.45, 7) is 2.82. The van der Waals surface area contributed by atoms with E-state index in [2.05, 4.69) is 5.32 Å². The number of rotatable bonds is 4. The Kier molecular flexibility index (Phi) is 5.35. The molecule has 0 amide bonds. The third-order valence-electron chi connectivity index (χ3n) is 2.27. The maximum absolute atomic E-state index is 9.20. The van der Waals surface area contributed by atoms with Gasteiger partial charge in [0.15, 0.2) is 0 Å². The first kappa shape index (κ1) is 14.1. The lowest BCUT2D eigenvalue weighted by Gasteiger charge is -2.17. The molecule has 0 spiro atoms. The monoisotopic (exact) mass is 281 g/mol. The minimum atomic E-state index is -1.40. The molecule has 0 aliphatic rings. The van der Waals surface area contributed by atoms with Crippen molar-refractivity contribution < 1.29 is 5.11 Å². The van der Waals surface area contributed by atoms with Crippen molar-refractivity contribution in [2.45, 2.75) is 16.8 Å². The van der Waals surface area contributed by atoms with E-state index in [4.69, 9.17) is 34.8 Å². The molecule has 0 aliphatic carbocycles. The van der Waals surface area contributed by atoms with Crippen molar-refractivity contribution in [1.82, 2.24) is 5.32 Å². The summed E-state index contributed by atoms with van der Waals surface area (Å²) in [6, 6.07) is 7.13. The Morgan fingerprint density at radius 1 is 1.25 bits per heavy atom. The SMILES string of the molecule is CCNC(CO)c1ccc(C(Cl)(Cl)Cl)cc1. The molecule has 0 saturated heterocycles. The molecule has 0 bridgehead atoms. The summed E-state index contributed by atoms with van der Waals surface area (Å²) in [4.78, 5) is 0. The number of likely N-dealkylation sites (N-methyl/N-ethyl adjacent to an activating group) is 1. The smallest absolute Gasteiger partial charge is 0.216 e. The van der Waals surface area contributed by atoms with E-state index in [-0.39, 0.29) is 12.6 Å². The van der Waals surface area contributed by atoms with Gasteiger partial charge in [-0.2, -0.15) is 0 Å². The standard InChI is InChI=1S/C11H14Cl3NO/c1-2-15-10(7-16)8-3-5-9(6-4-8)11(12,13)14/h3-6,10,15-16H,2,7H2,1H3. The molecule has 1 aromatic rings. The van der Waals surface area contributed by atoms with Gasteiger partial charge in [-0.1, -0.05) is 66.0 Å². The van der Waals surface area contributed by atoms with Crippen LogP contribution in [0.2, 0.25) is 0 Å². The summed E-state index contributed by atoms with van der Waals surface area (Å²) >= 11 is 17.3. The highest BCUT2D eigenvalue weighted by Crippen LogP contribution is 2.38. The molecule has 0 fully saturated rings. The first-order valence-electron chi connectivity index (χ1n) is 5.00. The van der Waals surface area contributed by atoms with Crippen LogP contribution < -0.4 is 5.32 Å². The molecule has 0 aliphatic heterocycles. The van der Waals surface area contributed by atoms with Crippen LogP contribution in [0.1, 0.15) is 24.1 Å². The van der Waals surface area contributed by atoms with Crippen LogP contribution in [0.5, 0.6) is 0 Å². The lowest BCUT2D eigenvalue weighted by atomic mass is 10.1. The Balaban J connectivity index is 2.85. The molecular formula is C11H14Cl3NO. The summed E-state index contributed by atoms with van der Waals surface area (Å²) in [5.41, 5.74) is 1.59. The number of aliphatic hydroxyl groups is 1. The van der Waals surface area contributed by atoms with Gasteiger partial charge in [-0.25, -0.2) is 0 Å². The molecule has 0 aromatic heterocycles. The van der Waals surface area contributed by atoms with Gasteiger partial charge in [-0.05, 0) is 12.1 Å². The number of aliphatic hydroxyl groups excluding tert-OH is 1. The van der Waals surface area contributed by atoms with Crippen LogP contribution in [-0.2, 0) is 3.79 Å². The molecule has 16 heavy (non-hydrogen) atoms. The van der Waals surface area contributed by atoms with Gasteiger partial charge < -0.3 is 10.4 Å². The minimum Gasteiger partial charge on any atom is -0.394 e. The number of hydrogen-bond acceptors (Lipinski definition) is 2. The Labute approximate surface area is 111 Å². The second kappa shape index (κ2) is 6.08. The fraction of sp³-hybridized carbons (Fsp3) is 0.455. The van der Waals surface area contributed by atoms with Crippen molar-refractivity contribution in [2.75, 3.05) is 13.2 Å². The van der Waals surface area contributed by atoms with Crippen molar-refractivity contribution in [1.29, 1.82) is 0 Å². The van der Waals surface area contributed by atoms with Crippen LogP contribution >= 0.6 is 34.8 Å². The van der Waals surface area contributed by atoms with Crippen LogP contribution in [0, 0.1) is 0 Å². The van der Waals surface area contributed by atoms with Gasteiger partial charge in [-0.3, -0.25) is 0 Å². The van der Waals surface area contributed by atoms with E-state index in [9.17, 15) is 5.11 Å². The van der Waals surface area contributed by atoms with E-state index >= 15 is 0 Å². The zero-order chi connectivity index (χ0) is 12.2. The summed E-state index contributed by atoms with van der Waals surface area (Å²) in [6.07, 6.45) is 0. The maximum atomic E-state index is 9.20. The maximum Gasteiger partial charge on any atom is 0.216 e. The van der Waals surface area contributed by atoms with Crippen molar-refractivity contribution in [2.24, 2.45) is 0 Å². The largest absolute Gasteiger partial charge is 0.394 e. The Hall–Kier alpha value is 0.01000. The van der Waals surface area contributed by atoms with Gasteiger partial charge >= 0.3 is 0 Å². The molecular weight excluding hydrogens is 268 g/mol. The van der Waals surface area contributed by atoms with Crippen molar-refractivity contribution in [3.05, 3.63) is 35.4 Å². The predicted octanol–water partition coefficient (Wildman–Crippen LogP) is 3.16. The first-order chi connectivity index (χ1) is 7.49. The first-order valence-corrected chi connectivity index (χ1v) is 6.13. The zero-order valence-corrected chi connectivity index (χ0v) is 11.1. The fourth-order valence-electron chi connectivity index (χ4n) is 1.44. The number of alkyl halides is 3. The van der Waals surface area contributed by atoms with Crippen LogP contribution in [0.25, 0.3) is 0 Å². The minimum absolute atomic E-state index is 0.0426. The number of nitrogens with one attached hydrogen (secondary N) is 1. The van der Waals surface area contributed by atoms with E-state index in [0.29, 0.717) is 5.56 Å². The van der Waals surface area contributed by atoms with Crippen molar-refractivity contribution >= 4 is 34.8 Å². The quantitative estimate of drug-likeness (QED) is 0.832. The predicted molar refractivity (Wildman–Crippen MR) is 69.2 cm³/mol. The number of hydrogen-bond donors (Lipinski definition) is 2. The molecule has 2 nitrogen and oxygen atoms in total. The average Bonchev–Trinajstić information content (AvgIpc) is 2.25. The zero-order valence-electron chi connectivity index (χ0n) is 8.88. The van der Waals surface area contributed by atoms with Crippen LogP contribution in [0.15, 0.2) is 24.3 Å². The summed E-state index contributed by atoms with van der Waals surface area (Å²) in [5, 5.41) is 12.4. The number of halogens is 3. The summed E-state index contributed by atoms with van der Waals surface area (Å²) < 4.78 is -1.40. The van der Waals surface area contributed by atoms with E-state index in [0.717, 1.165) is 12.1 Å². The molecule has 0 heterocycles. The highest BCUT2D eigenvalue weighted by molar-refractivity contribution is 6.66. The number of benzene rings is 1. The van der Waals surface area contributed by atoms with E-state index < -0.39 is 3.79 Å². The van der Waals surface area contributed by atoms with Crippen LogP contribution in [0.4, 0.5) is 0 Å². The van der Waals surface area contributed by atoms with Gasteiger partial charge in [-0.15, -0.1) is 0 Å². The van der Waals surface area contributed by atoms with Gasteiger partial charge in [0, 0.05) is 5.56 Å². The average molecular weight is 283 g/mol. The second-order valence-corrected chi connectivity index (χ2v) is 5.69. The highest BCUT2D eigenvalue weighted by atomic mass is 35.6. The molecule has 2 N–H and O–H groups in total. The normalized spacial score (nSPS) is 13.8. The Morgan fingerprint density at radius 3 is 2.19 bits per heavy atom. The lowest BCUT2D eigenvalue weighted by molar-refractivity contribution is 0.246. The van der Waals surface area contributed by atoms with Gasteiger partial charge in [0.2, 0.25) is 3.79 Å². The topological polar surface area (TPSA) is 32.3 Å². The summed E-state index contributed by atoms with van der Waals surface area (Å²) in [5.74, 6) is 0. The lowest BCUT2D eigenvalue weighted by Crippen LogP contribution is -2.23. The summed E-state index contributed by atoms with van der Waals surface area (Å²) in [7, 11) is 0. The second-order valence-electron chi connectivity index (χ2n) is 3.41. The Bertz CT molecular complexity index is 321. The fourth-order valence-corrected chi connectivity index (χ4v) is 1.82. The molecule has 1 aromatic carbocycles. The van der Waals surface area contributed by atoms with E-state index in [1.165, 1.54) is 0 Å². The molecule has 90 valence electrons. The molecule has 1 atom stereocenters. The highest BCUT2D eigenvalue weighted by Gasteiger charge is 2.22. The molecule has 1 rings (SSSR count). The third-order valence-corrected chi connectivity index (χ3v) is 2.93. The molecule has 1 unspecified atom stereocenters. The molecule has 0 saturated carbocycles. The van der Waals surface area contributed by atoms with Crippen molar-refractivity contribution in [3.63, 3.8) is 0 Å².